The molecule has 2 heteroatoms. The zero-order chi connectivity index (χ0) is 19.3. The lowest BCUT2D eigenvalue weighted by atomic mass is 9.96. The summed E-state index contributed by atoms with van der Waals surface area (Å²) in [5.74, 6) is 0. The SMILES string of the molecule is Cc1cccc(PC2CCCCC2)c1-c1c(C)cccc1PC1CCCCC1. The van der Waals surface area contributed by atoms with Crippen molar-refractivity contribution in [1.29, 1.82) is 0 Å². The maximum absolute atomic E-state index is 2.44. The van der Waals surface area contributed by atoms with Gasteiger partial charge in [0.15, 0.2) is 0 Å². The Morgan fingerprint density at radius 1 is 0.571 bits per heavy atom. The number of hydrogen-bond acceptors (Lipinski definition) is 0. The van der Waals surface area contributed by atoms with Crippen LogP contribution in [0.15, 0.2) is 36.4 Å². The lowest BCUT2D eigenvalue weighted by Crippen LogP contribution is -2.17. The number of aryl methyl sites for hydroxylation is 2. The zero-order valence-corrected chi connectivity index (χ0v) is 19.7. The van der Waals surface area contributed by atoms with Crippen molar-refractivity contribution in [3.05, 3.63) is 47.5 Å². The molecule has 150 valence electrons. The van der Waals surface area contributed by atoms with Crippen molar-refractivity contribution in [3.63, 3.8) is 0 Å². The van der Waals surface area contributed by atoms with Crippen molar-refractivity contribution in [1.82, 2.24) is 0 Å². The summed E-state index contributed by atoms with van der Waals surface area (Å²) < 4.78 is 0. The lowest BCUT2D eigenvalue weighted by molar-refractivity contribution is 0.514. The van der Waals surface area contributed by atoms with Gasteiger partial charge < -0.3 is 0 Å². The van der Waals surface area contributed by atoms with Crippen molar-refractivity contribution in [2.75, 3.05) is 0 Å². The van der Waals surface area contributed by atoms with Crippen LogP contribution >= 0.6 is 17.2 Å². The molecule has 0 radical (unpaired) electrons. The Balaban J connectivity index is 1.69. The molecule has 28 heavy (non-hydrogen) atoms. The Morgan fingerprint density at radius 3 is 1.36 bits per heavy atom. The Kier molecular flexibility index (Phi) is 7.25. The van der Waals surface area contributed by atoms with Crippen LogP contribution in [0.4, 0.5) is 0 Å². The topological polar surface area (TPSA) is 0 Å². The zero-order valence-electron chi connectivity index (χ0n) is 17.7. The summed E-state index contributed by atoms with van der Waals surface area (Å²) in [7, 11) is 1.96. The van der Waals surface area contributed by atoms with Gasteiger partial charge in [-0.05, 0) is 83.7 Å². The van der Waals surface area contributed by atoms with E-state index in [2.05, 4.69) is 50.2 Å². The van der Waals surface area contributed by atoms with E-state index in [0.29, 0.717) is 0 Å². The van der Waals surface area contributed by atoms with Crippen LogP contribution in [0.5, 0.6) is 0 Å². The summed E-state index contributed by atoms with van der Waals surface area (Å²) >= 11 is 0. The molecule has 0 spiro atoms. The standard InChI is InChI=1S/C26H36P2/c1-19-11-9-17-23(27-21-13-5-3-6-14-21)25(19)26-20(2)12-10-18-24(26)28-22-15-7-4-8-16-22/h9-12,17-18,21-22,27-28H,3-8,13-16H2,1-2H3. The average molecular weight is 411 g/mol. The van der Waals surface area contributed by atoms with Gasteiger partial charge in [-0.25, -0.2) is 0 Å². The first-order chi connectivity index (χ1) is 13.7. The van der Waals surface area contributed by atoms with Crippen molar-refractivity contribution in [2.45, 2.75) is 89.4 Å². The monoisotopic (exact) mass is 410 g/mol. The Hall–Kier alpha value is -0.700. The van der Waals surface area contributed by atoms with E-state index in [9.17, 15) is 0 Å². The van der Waals surface area contributed by atoms with E-state index in [1.165, 1.54) is 75.3 Å². The number of rotatable bonds is 5. The molecule has 2 aromatic carbocycles. The molecule has 2 saturated carbocycles. The van der Waals surface area contributed by atoms with Gasteiger partial charge in [-0.1, -0.05) is 92.1 Å². The number of benzene rings is 2. The highest BCUT2D eigenvalue weighted by Gasteiger charge is 2.21. The Labute approximate surface area is 175 Å². The summed E-state index contributed by atoms with van der Waals surface area (Å²) in [6.45, 7) is 4.67. The van der Waals surface area contributed by atoms with Crippen LogP contribution in [0.3, 0.4) is 0 Å². The van der Waals surface area contributed by atoms with Gasteiger partial charge in [0.25, 0.3) is 0 Å². The minimum absolute atomic E-state index is 0.919. The Bertz CT molecular complexity index is 716. The molecule has 0 aromatic heterocycles. The smallest absolute Gasteiger partial charge is 0.00712 e. The molecule has 2 unspecified atom stereocenters. The van der Waals surface area contributed by atoms with E-state index in [0.717, 1.165) is 28.5 Å². The van der Waals surface area contributed by atoms with E-state index in [1.54, 1.807) is 21.7 Å². The maximum atomic E-state index is 2.44. The minimum Gasteiger partial charge on any atom is -0.0865 e. The first-order valence-corrected chi connectivity index (χ1v) is 13.6. The summed E-state index contributed by atoms with van der Waals surface area (Å²) in [6.07, 6.45) is 14.4. The van der Waals surface area contributed by atoms with Crippen molar-refractivity contribution in [3.8, 4) is 11.1 Å². The van der Waals surface area contributed by atoms with E-state index >= 15 is 0 Å². The molecular weight excluding hydrogens is 374 g/mol. The maximum Gasteiger partial charge on any atom is -0.00712 e. The van der Waals surface area contributed by atoms with Gasteiger partial charge in [-0.15, -0.1) is 0 Å². The van der Waals surface area contributed by atoms with Crippen LogP contribution in [-0.4, -0.2) is 11.3 Å². The van der Waals surface area contributed by atoms with Crippen molar-refractivity contribution < 1.29 is 0 Å². The normalized spacial score (nSPS) is 19.9. The predicted molar refractivity (Wildman–Crippen MR) is 131 cm³/mol. The third kappa shape index (κ3) is 4.89. The minimum atomic E-state index is 0.919. The van der Waals surface area contributed by atoms with Crippen LogP contribution in [0.2, 0.25) is 0 Å². The summed E-state index contributed by atoms with van der Waals surface area (Å²) in [6, 6.07) is 14.1. The van der Waals surface area contributed by atoms with Crippen LogP contribution in [0, 0.1) is 13.8 Å². The molecule has 2 aliphatic carbocycles. The van der Waals surface area contributed by atoms with E-state index < -0.39 is 0 Å². The fourth-order valence-electron chi connectivity index (χ4n) is 5.17. The fourth-order valence-corrected chi connectivity index (χ4v) is 8.76. The van der Waals surface area contributed by atoms with Crippen LogP contribution in [0.1, 0.15) is 75.3 Å². The van der Waals surface area contributed by atoms with E-state index in [4.69, 9.17) is 0 Å². The van der Waals surface area contributed by atoms with Crippen LogP contribution in [-0.2, 0) is 0 Å². The van der Waals surface area contributed by atoms with Gasteiger partial charge in [-0.3, -0.25) is 0 Å². The first kappa shape index (κ1) is 20.6. The second kappa shape index (κ2) is 9.87. The summed E-state index contributed by atoms with van der Waals surface area (Å²) in [5.41, 5.74) is 7.96. The summed E-state index contributed by atoms with van der Waals surface area (Å²) in [4.78, 5) is 0. The second-order valence-corrected chi connectivity index (χ2v) is 12.2. The van der Waals surface area contributed by atoms with Gasteiger partial charge in [0, 0.05) is 0 Å². The highest BCUT2D eigenvalue weighted by Crippen LogP contribution is 2.39. The largest absolute Gasteiger partial charge is 0.0865 e. The quantitative estimate of drug-likeness (QED) is 0.456. The van der Waals surface area contributed by atoms with Gasteiger partial charge in [0.05, 0.1) is 0 Å². The molecule has 0 bridgehead atoms. The number of hydrogen-bond donors (Lipinski definition) is 0. The molecule has 2 aliphatic rings. The summed E-state index contributed by atoms with van der Waals surface area (Å²) in [5, 5.41) is 3.27. The molecule has 0 nitrogen and oxygen atoms in total. The molecular formula is C26H36P2. The molecule has 4 rings (SSSR count). The third-order valence-electron chi connectivity index (χ3n) is 6.73. The molecule has 0 saturated heterocycles. The molecule has 2 fully saturated rings. The van der Waals surface area contributed by atoms with Crippen LogP contribution < -0.4 is 10.6 Å². The van der Waals surface area contributed by atoms with Crippen molar-refractivity contribution >= 4 is 27.8 Å². The molecule has 2 aromatic rings. The highest BCUT2D eigenvalue weighted by molar-refractivity contribution is 7.49. The van der Waals surface area contributed by atoms with Gasteiger partial charge >= 0.3 is 0 Å². The molecule has 0 aliphatic heterocycles. The Morgan fingerprint density at radius 2 is 0.964 bits per heavy atom. The van der Waals surface area contributed by atoms with Crippen LogP contribution in [0.25, 0.3) is 11.1 Å². The van der Waals surface area contributed by atoms with Gasteiger partial charge in [0.2, 0.25) is 0 Å². The van der Waals surface area contributed by atoms with Gasteiger partial charge in [-0.2, -0.15) is 0 Å². The molecule has 0 amide bonds. The van der Waals surface area contributed by atoms with Gasteiger partial charge in [0.1, 0.15) is 0 Å². The van der Waals surface area contributed by atoms with Crippen molar-refractivity contribution in [2.24, 2.45) is 0 Å². The molecule has 2 atom stereocenters. The predicted octanol–water partition coefficient (Wildman–Crippen LogP) is 7.24. The lowest BCUT2D eigenvalue weighted by Gasteiger charge is -2.26. The second-order valence-electron chi connectivity index (χ2n) is 8.95. The van der Waals surface area contributed by atoms with E-state index in [-0.39, 0.29) is 0 Å². The third-order valence-corrected chi connectivity index (χ3v) is 10.2. The fraction of sp³-hybridized carbons (Fsp3) is 0.538. The first-order valence-electron chi connectivity index (χ1n) is 11.4. The molecule has 0 heterocycles. The average Bonchev–Trinajstić information content (AvgIpc) is 2.71. The molecule has 0 N–H and O–H groups in total. The van der Waals surface area contributed by atoms with E-state index in [1.807, 2.05) is 0 Å². The highest BCUT2D eigenvalue weighted by atomic mass is 31.1.